The summed E-state index contributed by atoms with van der Waals surface area (Å²) >= 11 is 0. The Kier molecular flexibility index (Phi) is 4.35. The summed E-state index contributed by atoms with van der Waals surface area (Å²) in [6, 6.07) is 7.91. The molecule has 0 saturated heterocycles. The quantitative estimate of drug-likeness (QED) is 0.834. The number of anilines is 1. The number of amides is 2. The molecule has 1 aromatic carbocycles. The molecule has 88 valence electrons. The third-order valence-electron chi connectivity index (χ3n) is 2.23. The molecular formula is C13H20N2O. The Hall–Kier alpha value is -1.51. The van der Waals surface area contributed by atoms with Crippen LogP contribution in [0.25, 0.3) is 0 Å². The summed E-state index contributed by atoms with van der Waals surface area (Å²) in [6.07, 6.45) is 1.03. The summed E-state index contributed by atoms with van der Waals surface area (Å²) < 4.78 is 0. The summed E-state index contributed by atoms with van der Waals surface area (Å²) in [6.45, 7) is 4.37. The van der Waals surface area contributed by atoms with Crippen molar-refractivity contribution in [3.8, 4) is 0 Å². The van der Waals surface area contributed by atoms with Crippen LogP contribution in [0, 0.1) is 5.92 Å². The number of nitrogens with one attached hydrogen (secondary N) is 1. The summed E-state index contributed by atoms with van der Waals surface area (Å²) in [4.78, 5) is 13.0. The highest BCUT2D eigenvalue weighted by atomic mass is 16.2. The van der Waals surface area contributed by atoms with E-state index in [2.05, 4.69) is 25.2 Å². The number of nitrogens with zero attached hydrogens (tertiary/aromatic N) is 1. The van der Waals surface area contributed by atoms with Crippen molar-refractivity contribution in [3.05, 3.63) is 29.8 Å². The second kappa shape index (κ2) is 5.54. The Bertz CT molecular complexity index is 359. The summed E-state index contributed by atoms with van der Waals surface area (Å²) in [5.74, 6) is 0.625. The van der Waals surface area contributed by atoms with E-state index in [1.54, 1.807) is 14.1 Å². The fourth-order valence-corrected chi connectivity index (χ4v) is 1.48. The lowest BCUT2D eigenvalue weighted by Gasteiger charge is -2.13. The van der Waals surface area contributed by atoms with Crippen LogP contribution in [-0.2, 0) is 6.42 Å². The molecule has 0 unspecified atom stereocenters. The Labute approximate surface area is 97.5 Å². The molecule has 0 aliphatic rings. The molecule has 0 saturated carbocycles. The number of carbonyl (C=O) groups excluding carboxylic acids is 1. The van der Waals surface area contributed by atoms with E-state index < -0.39 is 0 Å². The van der Waals surface area contributed by atoms with Crippen LogP contribution in [0.5, 0.6) is 0 Å². The van der Waals surface area contributed by atoms with Gasteiger partial charge in [0.05, 0.1) is 0 Å². The number of benzene rings is 1. The largest absolute Gasteiger partial charge is 0.331 e. The van der Waals surface area contributed by atoms with E-state index in [1.807, 2.05) is 18.2 Å². The maximum Gasteiger partial charge on any atom is 0.321 e. The van der Waals surface area contributed by atoms with E-state index in [9.17, 15) is 4.79 Å². The summed E-state index contributed by atoms with van der Waals surface area (Å²) in [5.41, 5.74) is 2.11. The Morgan fingerprint density at radius 2 is 2.06 bits per heavy atom. The molecule has 3 heteroatoms. The van der Waals surface area contributed by atoms with Crippen LogP contribution < -0.4 is 5.32 Å². The van der Waals surface area contributed by atoms with Gasteiger partial charge in [-0.1, -0.05) is 26.0 Å². The van der Waals surface area contributed by atoms with Crippen molar-refractivity contribution in [2.75, 3.05) is 19.4 Å². The molecule has 0 aromatic heterocycles. The van der Waals surface area contributed by atoms with Gasteiger partial charge in [-0.15, -0.1) is 0 Å². The molecule has 0 spiro atoms. The Morgan fingerprint density at radius 3 is 2.62 bits per heavy atom. The molecule has 1 rings (SSSR count). The molecule has 16 heavy (non-hydrogen) atoms. The van der Waals surface area contributed by atoms with Crippen molar-refractivity contribution in [2.45, 2.75) is 20.3 Å². The van der Waals surface area contributed by atoms with Gasteiger partial charge < -0.3 is 10.2 Å². The topological polar surface area (TPSA) is 32.3 Å². The zero-order valence-electron chi connectivity index (χ0n) is 10.4. The van der Waals surface area contributed by atoms with Crippen molar-refractivity contribution in [3.63, 3.8) is 0 Å². The lowest BCUT2D eigenvalue weighted by atomic mass is 10.0. The van der Waals surface area contributed by atoms with Crippen molar-refractivity contribution in [1.29, 1.82) is 0 Å². The van der Waals surface area contributed by atoms with E-state index in [4.69, 9.17) is 0 Å². The SMILES string of the molecule is CC(C)Cc1cccc(NC(=O)N(C)C)c1. The minimum atomic E-state index is -0.0957. The monoisotopic (exact) mass is 220 g/mol. The van der Waals surface area contributed by atoms with Crippen molar-refractivity contribution < 1.29 is 4.79 Å². The molecule has 1 N–H and O–H groups in total. The summed E-state index contributed by atoms with van der Waals surface area (Å²) in [7, 11) is 3.46. The average molecular weight is 220 g/mol. The lowest BCUT2D eigenvalue weighted by Crippen LogP contribution is -2.27. The third kappa shape index (κ3) is 3.93. The second-order valence-corrected chi connectivity index (χ2v) is 4.62. The molecule has 0 bridgehead atoms. The van der Waals surface area contributed by atoms with E-state index >= 15 is 0 Å². The van der Waals surface area contributed by atoms with Gasteiger partial charge in [0.15, 0.2) is 0 Å². The number of urea groups is 1. The van der Waals surface area contributed by atoms with Gasteiger partial charge in [-0.3, -0.25) is 0 Å². The molecular weight excluding hydrogens is 200 g/mol. The minimum Gasteiger partial charge on any atom is -0.331 e. The highest BCUT2D eigenvalue weighted by molar-refractivity contribution is 5.88. The van der Waals surface area contributed by atoms with Gasteiger partial charge in [0.1, 0.15) is 0 Å². The molecule has 0 aliphatic carbocycles. The molecule has 0 fully saturated rings. The number of rotatable bonds is 3. The van der Waals surface area contributed by atoms with Gasteiger partial charge in [-0.2, -0.15) is 0 Å². The minimum absolute atomic E-state index is 0.0957. The van der Waals surface area contributed by atoms with E-state index in [0.717, 1.165) is 12.1 Å². The first-order chi connectivity index (χ1) is 7.49. The lowest BCUT2D eigenvalue weighted by molar-refractivity contribution is 0.230. The highest BCUT2D eigenvalue weighted by Gasteiger charge is 2.04. The molecule has 1 aromatic rings. The normalized spacial score (nSPS) is 10.3. The van der Waals surface area contributed by atoms with Gasteiger partial charge >= 0.3 is 6.03 Å². The molecule has 3 nitrogen and oxygen atoms in total. The van der Waals surface area contributed by atoms with Gasteiger partial charge in [-0.05, 0) is 30.0 Å². The molecule has 0 aliphatic heterocycles. The average Bonchev–Trinajstić information content (AvgIpc) is 2.16. The predicted molar refractivity (Wildman–Crippen MR) is 67.7 cm³/mol. The van der Waals surface area contributed by atoms with E-state index in [0.29, 0.717) is 5.92 Å². The molecule has 0 radical (unpaired) electrons. The molecule has 0 heterocycles. The Balaban J connectivity index is 2.71. The van der Waals surface area contributed by atoms with Gasteiger partial charge in [0.2, 0.25) is 0 Å². The predicted octanol–water partition coefficient (Wildman–Crippen LogP) is 2.98. The standard InChI is InChI=1S/C13H20N2O/c1-10(2)8-11-6-5-7-12(9-11)14-13(16)15(3)4/h5-7,9-10H,8H2,1-4H3,(H,14,16). The van der Waals surface area contributed by atoms with Crippen LogP contribution in [0.1, 0.15) is 19.4 Å². The van der Waals surface area contributed by atoms with Crippen molar-refractivity contribution >= 4 is 11.7 Å². The van der Waals surface area contributed by atoms with Gasteiger partial charge in [0, 0.05) is 19.8 Å². The smallest absolute Gasteiger partial charge is 0.321 e. The molecule has 0 atom stereocenters. The second-order valence-electron chi connectivity index (χ2n) is 4.62. The third-order valence-corrected chi connectivity index (χ3v) is 2.23. The van der Waals surface area contributed by atoms with Crippen LogP contribution in [0.15, 0.2) is 24.3 Å². The zero-order chi connectivity index (χ0) is 12.1. The number of hydrogen-bond acceptors (Lipinski definition) is 1. The number of hydrogen-bond donors (Lipinski definition) is 1. The first kappa shape index (κ1) is 12.6. The summed E-state index contributed by atoms with van der Waals surface area (Å²) in [5, 5.41) is 2.84. The van der Waals surface area contributed by atoms with Crippen LogP contribution in [0.4, 0.5) is 10.5 Å². The zero-order valence-corrected chi connectivity index (χ0v) is 10.4. The number of carbonyl (C=O) groups is 1. The highest BCUT2D eigenvalue weighted by Crippen LogP contribution is 2.14. The van der Waals surface area contributed by atoms with Crippen LogP contribution in [0.2, 0.25) is 0 Å². The molecule has 2 amide bonds. The van der Waals surface area contributed by atoms with Crippen molar-refractivity contribution in [1.82, 2.24) is 4.90 Å². The van der Waals surface area contributed by atoms with Gasteiger partial charge in [0.25, 0.3) is 0 Å². The van der Waals surface area contributed by atoms with Crippen LogP contribution >= 0.6 is 0 Å². The first-order valence-corrected chi connectivity index (χ1v) is 5.56. The fourth-order valence-electron chi connectivity index (χ4n) is 1.48. The van der Waals surface area contributed by atoms with Crippen molar-refractivity contribution in [2.24, 2.45) is 5.92 Å². The fraction of sp³-hybridized carbons (Fsp3) is 0.462. The van der Waals surface area contributed by atoms with Gasteiger partial charge in [-0.25, -0.2) is 4.79 Å². The maximum atomic E-state index is 11.5. The Morgan fingerprint density at radius 1 is 1.38 bits per heavy atom. The van der Waals surface area contributed by atoms with Crippen LogP contribution in [0.3, 0.4) is 0 Å². The van der Waals surface area contributed by atoms with E-state index in [-0.39, 0.29) is 6.03 Å². The van der Waals surface area contributed by atoms with Crippen LogP contribution in [-0.4, -0.2) is 25.0 Å². The first-order valence-electron chi connectivity index (χ1n) is 5.56. The maximum absolute atomic E-state index is 11.5. The van der Waals surface area contributed by atoms with E-state index in [1.165, 1.54) is 10.5 Å².